The van der Waals surface area contributed by atoms with E-state index in [4.69, 9.17) is 23.0 Å². The maximum absolute atomic E-state index is 13.6. The number of benzene rings is 1. The molecule has 14 nitrogen and oxygen atoms in total. The second-order valence-corrected chi connectivity index (χ2v) is 10.0. The van der Waals surface area contributed by atoms with Crippen molar-refractivity contribution in [2.75, 3.05) is 13.3 Å². The molecule has 1 saturated heterocycles. The second-order valence-electron chi connectivity index (χ2n) is 8.50. The summed E-state index contributed by atoms with van der Waals surface area (Å²) in [6.07, 6.45) is -6.49. The van der Waals surface area contributed by atoms with Gasteiger partial charge in [0, 0.05) is 0 Å². The minimum atomic E-state index is -4.64. The van der Waals surface area contributed by atoms with E-state index < -0.39 is 74.7 Å². The number of aromatic nitrogens is 3. The lowest BCUT2D eigenvalue weighted by atomic mass is 9.94. The summed E-state index contributed by atoms with van der Waals surface area (Å²) >= 11 is 0. The number of halogens is 1. The number of hydrogen-bond donors (Lipinski definition) is 3. The minimum absolute atomic E-state index is 0.0483. The molecule has 0 aliphatic carbocycles. The number of carbonyl (C=O) groups is 1. The molecule has 1 aromatic carbocycles. The van der Waals surface area contributed by atoms with Gasteiger partial charge in [-0.1, -0.05) is 30.0 Å². The van der Waals surface area contributed by atoms with Crippen molar-refractivity contribution in [2.24, 2.45) is 0 Å². The summed E-state index contributed by atoms with van der Waals surface area (Å²) in [5.41, 5.74) is -4.66. The molecule has 0 radical (unpaired) electrons. The first-order valence-electron chi connectivity index (χ1n) is 11.6. The number of nitrogens with zero attached hydrogens (tertiary/aromatic N) is 2. The van der Waals surface area contributed by atoms with Crippen molar-refractivity contribution < 1.29 is 47.0 Å². The number of aliphatic hydroxyl groups excluding tert-OH is 1. The van der Waals surface area contributed by atoms with Gasteiger partial charge in [0.05, 0.1) is 12.7 Å². The van der Waals surface area contributed by atoms with Crippen LogP contribution in [-0.4, -0.2) is 74.0 Å². The number of alkyl halides is 1. The number of carbonyl (C=O) groups excluding carboxylic acids is 1. The van der Waals surface area contributed by atoms with Crippen molar-refractivity contribution in [1.82, 2.24) is 14.5 Å². The molecule has 2 aromatic rings. The summed E-state index contributed by atoms with van der Waals surface area (Å²) in [7, 11) is -4.64. The SMILES string of the molecule is CC(C)OC(=O)[C@H](C)O[P@](=O)(OC[C@H]1O[C@@H](n2cnc(=O)[nH]c2=O)C(O)(C#CCF)[C@H]1O)Oc1ccccc1. The normalized spacial score (nSPS) is 24.8. The summed E-state index contributed by atoms with van der Waals surface area (Å²) < 4.78 is 53.7. The zero-order chi connectivity index (χ0) is 28.8. The first-order chi connectivity index (χ1) is 18.4. The summed E-state index contributed by atoms with van der Waals surface area (Å²) in [6.45, 7) is 2.46. The van der Waals surface area contributed by atoms with Crippen LogP contribution in [0.5, 0.6) is 5.75 Å². The van der Waals surface area contributed by atoms with E-state index >= 15 is 0 Å². The monoisotopic (exact) mass is 571 g/mol. The third kappa shape index (κ3) is 7.39. The maximum Gasteiger partial charge on any atom is 0.530 e. The molecule has 0 saturated carbocycles. The molecule has 1 unspecified atom stereocenters. The fraction of sp³-hybridized carbons (Fsp3) is 0.478. The number of esters is 1. The fourth-order valence-corrected chi connectivity index (χ4v) is 4.77. The standard InChI is InChI=1S/C23H27FN3O11P/c1-14(2)35-19(29)15(3)37-39(33,38-16-8-5-4-6-9-16)34-12-17-18(28)23(32,10-7-11-24)20(36-17)27-13-25-21(30)26-22(27)31/h4-6,8-9,13-15,17-18,20,28,32H,11-12H2,1-3H3,(H,26,30,31)/t15-,17+,18-,20+,23?,39-/m0/s1. The van der Waals surface area contributed by atoms with Crippen molar-refractivity contribution in [1.29, 1.82) is 0 Å². The van der Waals surface area contributed by atoms with Crippen molar-refractivity contribution in [2.45, 2.75) is 57.0 Å². The Bertz CT molecular complexity index is 1370. The maximum atomic E-state index is 13.6. The number of ether oxygens (including phenoxy) is 2. The lowest BCUT2D eigenvalue weighted by Gasteiger charge is -2.26. The van der Waals surface area contributed by atoms with Crippen molar-refractivity contribution in [3.8, 4) is 17.6 Å². The second kappa shape index (κ2) is 12.6. The molecule has 3 rings (SSSR count). The predicted octanol–water partition coefficient (Wildman–Crippen LogP) is 0.454. The van der Waals surface area contributed by atoms with Crippen molar-refractivity contribution in [3.63, 3.8) is 0 Å². The van der Waals surface area contributed by atoms with Gasteiger partial charge >= 0.3 is 25.2 Å². The van der Waals surface area contributed by atoms with E-state index in [1.54, 1.807) is 32.0 Å². The minimum Gasteiger partial charge on any atom is -0.461 e. The highest BCUT2D eigenvalue weighted by atomic mass is 31.2. The van der Waals surface area contributed by atoms with Crippen LogP contribution in [0.25, 0.3) is 0 Å². The van der Waals surface area contributed by atoms with Gasteiger partial charge in [-0.25, -0.2) is 23.3 Å². The van der Waals surface area contributed by atoms with Crippen molar-refractivity contribution in [3.05, 3.63) is 57.6 Å². The molecule has 0 bridgehead atoms. The zero-order valence-corrected chi connectivity index (χ0v) is 21.9. The van der Waals surface area contributed by atoms with E-state index in [9.17, 15) is 33.6 Å². The van der Waals surface area contributed by atoms with Gasteiger partial charge in [0.15, 0.2) is 17.9 Å². The van der Waals surface area contributed by atoms with Crippen LogP contribution >= 0.6 is 7.82 Å². The number of aliphatic hydroxyl groups is 2. The largest absolute Gasteiger partial charge is 0.530 e. The number of nitrogens with one attached hydrogen (secondary N) is 1. The molecule has 1 fully saturated rings. The number of phosphoric acid groups is 1. The topological polar surface area (TPSA) is 188 Å². The number of para-hydroxylation sites is 1. The number of phosphoric ester groups is 1. The summed E-state index contributed by atoms with van der Waals surface area (Å²) in [6, 6.07) is 7.69. The third-order valence-corrected chi connectivity index (χ3v) is 6.64. The third-order valence-electron chi connectivity index (χ3n) is 5.17. The molecular weight excluding hydrogens is 544 g/mol. The van der Waals surface area contributed by atoms with E-state index in [1.165, 1.54) is 19.1 Å². The highest BCUT2D eigenvalue weighted by Gasteiger charge is 2.57. The van der Waals surface area contributed by atoms with Crippen LogP contribution in [0.1, 0.15) is 27.0 Å². The smallest absolute Gasteiger partial charge is 0.461 e. The Balaban J connectivity index is 1.88. The Morgan fingerprint density at radius 2 is 2.00 bits per heavy atom. The quantitative estimate of drug-likeness (QED) is 0.203. The Morgan fingerprint density at radius 1 is 1.31 bits per heavy atom. The van der Waals surface area contributed by atoms with E-state index in [1.807, 2.05) is 10.9 Å². The van der Waals surface area contributed by atoms with Crippen LogP contribution in [0.3, 0.4) is 0 Å². The van der Waals surface area contributed by atoms with Gasteiger partial charge in [-0.2, -0.15) is 4.98 Å². The molecule has 212 valence electrons. The molecule has 1 aliphatic heterocycles. The van der Waals surface area contributed by atoms with Crippen LogP contribution < -0.4 is 15.9 Å². The average Bonchev–Trinajstić information content (AvgIpc) is 3.11. The average molecular weight is 571 g/mol. The Hall–Kier alpha value is -3.38. The Kier molecular flexibility index (Phi) is 9.78. The first-order valence-corrected chi connectivity index (χ1v) is 13.0. The lowest BCUT2D eigenvalue weighted by Crippen LogP contribution is -2.48. The van der Waals surface area contributed by atoms with Crippen LogP contribution in [0.4, 0.5) is 4.39 Å². The molecule has 6 atom stereocenters. The number of aromatic amines is 1. The highest BCUT2D eigenvalue weighted by molar-refractivity contribution is 7.49. The van der Waals surface area contributed by atoms with Gasteiger partial charge in [0.25, 0.3) is 0 Å². The van der Waals surface area contributed by atoms with E-state index in [0.29, 0.717) is 4.57 Å². The molecular formula is C23H27FN3O11P. The molecule has 3 N–H and O–H groups in total. The van der Waals surface area contributed by atoms with Gasteiger partial charge < -0.3 is 24.2 Å². The molecule has 1 aromatic heterocycles. The molecule has 39 heavy (non-hydrogen) atoms. The molecule has 0 spiro atoms. The number of hydrogen-bond acceptors (Lipinski definition) is 12. The van der Waals surface area contributed by atoms with Crippen LogP contribution in [-0.2, 0) is 27.9 Å². The van der Waals surface area contributed by atoms with Gasteiger partial charge in [-0.05, 0) is 32.9 Å². The van der Waals surface area contributed by atoms with Gasteiger partial charge in [-0.3, -0.25) is 18.6 Å². The zero-order valence-electron chi connectivity index (χ0n) is 21.1. The molecule has 0 amide bonds. The van der Waals surface area contributed by atoms with Gasteiger partial charge in [-0.15, -0.1) is 0 Å². The van der Waals surface area contributed by atoms with Crippen LogP contribution in [0, 0.1) is 11.8 Å². The van der Waals surface area contributed by atoms with Crippen LogP contribution in [0.15, 0.2) is 46.2 Å². The van der Waals surface area contributed by atoms with Crippen LogP contribution in [0.2, 0.25) is 0 Å². The fourth-order valence-electron chi connectivity index (χ4n) is 3.43. The van der Waals surface area contributed by atoms with Gasteiger partial charge in [0.1, 0.15) is 31.0 Å². The molecule has 16 heteroatoms. The Labute approximate surface area is 221 Å². The molecule has 1 aliphatic rings. The van der Waals surface area contributed by atoms with E-state index in [2.05, 4.69) is 10.9 Å². The highest BCUT2D eigenvalue weighted by Crippen LogP contribution is 2.51. The Morgan fingerprint density at radius 3 is 2.62 bits per heavy atom. The lowest BCUT2D eigenvalue weighted by molar-refractivity contribution is -0.156. The van der Waals surface area contributed by atoms with E-state index in [0.717, 1.165) is 6.33 Å². The first kappa shape index (κ1) is 30.2. The van der Waals surface area contributed by atoms with E-state index in [-0.39, 0.29) is 5.75 Å². The summed E-state index contributed by atoms with van der Waals surface area (Å²) in [5, 5.41) is 21.9. The van der Waals surface area contributed by atoms with Crippen molar-refractivity contribution >= 4 is 13.8 Å². The summed E-state index contributed by atoms with van der Waals surface area (Å²) in [5.74, 6) is 3.26. The predicted molar refractivity (Wildman–Crippen MR) is 130 cm³/mol. The summed E-state index contributed by atoms with van der Waals surface area (Å²) in [4.78, 5) is 41.1. The molecule has 2 heterocycles. The van der Waals surface area contributed by atoms with Gasteiger partial charge in [0.2, 0.25) is 0 Å². The number of rotatable bonds is 10. The number of H-pyrrole nitrogens is 1.